The van der Waals surface area contributed by atoms with Crippen LogP contribution in [-0.4, -0.2) is 18.4 Å². The summed E-state index contributed by atoms with van der Waals surface area (Å²) in [4.78, 5) is 11.7. The summed E-state index contributed by atoms with van der Waals surface area (Å²) in [5.41, 5.74) is 0.576. The quantitative estimate of drug-likeness (QED) is 0.790. The van der Waals surface area contributed by atoms with Crippen LogP contribution >= 0.6 is 0 Å². The number of alkyl halides is 2. The second-order valence-corrected chi connectivity index (χ2v) is 5.80. The fraction of sp³-hybridized carbons (Fsp3) is 0.917. The van der Waals surface area contributed by atoms with Gasteiger partial charge in [-0.2, -0.15) is 0 Å². The van der Waals surface area contributed by atoms with E-state index < -0.39 is 11.8 Å². The molecule has 0 aromatic heterocycles. The number of rotatable bonds is 3. The van der Waals surface area contributed by atoms with Crippen molar-refractivity contribution in [1.82, 2.24) is 5.32 Å². The normalized spacial score (nSPS) is 37.4. The third-order valence-corrected chi connectivity index (χ3v) is 4.55. The van der Waals surface area contributed by atoms with Gasteiger partial charge in [-0.05, 0) is 37.0 Å². The van der Waals surface area contributed by atoms with Crippen molar-refractivity contribution in [2.75, 3.05) is 6.54 Å². The van der Waals surface area contributed by atoms with E-state index in [1.54, 1.807) is 0 Å². The van der Waals surface area contributed by atoms with E-state index in [-0.39, 0.29) is 18.7 Å². The minimum Gasteiger partial charge on any atom is -0.356 e. The molecule has 0 saturated heterocycles. The smallest absolute Gasteiger partial charge is 0.248 e. The Labute approximate surface area is 93.8 Å². The van der Waals surface area contributed by atoms with Gasteiger partial charge in [0.1, 0.15) is 0 Å². The largest absolute Gasteiger partial charge is 0.356 e. The lowest BCUT2D eigenvalue weighted by Crippen LogP contribution is -2.32. The molecule has 1 N–H and O–H groups in total. The van der Waals surface area contributed by atoms with Crippen LogP contribution in [-0.2, 0) is 4.79 Å². The molecule has 3 aliphatic rings. The van der Waals surface area contributed by atoms with Crippen LogP contribution in [0.15, 0.2) is 0 Å². The SMILES string of the molecule is O=C(NC[C@H]1CC12CC2)[C@@H]1CCC(F)(F)C1. The highest BCUT2D eigenvalue weighted by molar-refractivity contribution is 5.79. The molecule has 0 heterocycles. The van der Waals surface area contributed by atoms with E-state index in [2.05, 4.69) is 5.32 Å². The van der Waals surface area contributed by atoms with Gasteiger partial charge in [-0.25, -0.2) is 8.78 Å². The number of halogens is 2. The molecule has 2 nitrogen and oxygen atoms in total. The number of hydrogen-bond acceptors (Lipinski definition) is 1. The number of carbonyl (C=O) groups excluding carboxylic acids is 1. The Kier molecular flexibility index (Phi) is 2.08. The second-order valence-electron chi connectivity index (χ2n) is 5.80. The Morgan fingerprint density at radius 3 is 2.50 bits per heavy atom. The van der Waals surface area contributed by atoms with Crippen molar-refractivity contribution >= 4 is 5.91 Å². The highest BCUT2D eigenvalue weighted by Crippen LogP contribution is 2.70. The molecule has 0 unspecified atom stereocenters. The molecule has 1 spiro atoms. The van der Waals surface area contributed by atoms with Gasteiger partial charge in [0.15, 0.2) is 0 Å². The summed E-state index contributed by atoms with van der Waals surface area (Å²) in [6.45, 7) is 0.709. The molecule has 90 valence electrons. The molecule has 0 radical (unpaired) electrons. The van der Waals surface area contributed by atoms with E-state index in [0.717, 1.165) is 0 Å². The fourth-order valence-corrected chi connectivity index (χ4v) is 3.04. The first-order chi connectivity index (χ1) is 7.51. The number of amides is 1. The van der Waals surface area contributed by atoms with Gasteiger partial charge in [-0.1, -0.05) is 0 Å². The van der Waals surface area contributed by atoms with Crippen molar-refractivity contribution in [2.45, 2.75) is 44.4 Å². The fourth-order valence-electron chi connectivity index (χ4n) is 3.04. The first-order valence-corrected chi connectivity index (χ1v) is 6.16. The zero-order valence-corrected chi connectivity index (χ0v) is 9.27. The molecular weight excluding hydrogens is 212 g/mol. The lowest BCUT2D eigenvalue weighted by molar-refractivity contribution is -0.125. The van der Waals surface area contributed by atoms with Crippen LogP contribution in [0.5, 0.6) is 0 Å². The Hall–Kier alpha value is -0.670. The van der Waals surface area contributed by atoms with Crippen molar-refractivity contribution in [2.24, 2.45) is 17.3 Å². The molecule has 3 saturated carbocycles. The Morgan fingerprint density at radius 1 is 1.25 bits per heavy atom. The maximum absolute atomic E-state index is 12.9. The first-order valence-electron chi connectivity index (χ1n) is 6.16. The van der Waals surface area contributed by atoms with Gasteiger partial charge in [-0.15, -0.1) is 0 Å². The van der Waals surface area contributed by atoms with Crippen LogP contribution in [0, 0.1) is 17.3 Å². The first kappa shape index (κ1) is 10.5. The standard InChI is InChI=1S/C12H17F2NO/c13-12(14)2-1-8(5-12)10(16)15-7-9-6-11(9)3-4-11/h8-9H,1-7H2,(H,15,16)/t8-,9-/m1/s1. The maximum atomic E-state index is 12.9. The molecule has 16 heavy (non-hydrogen) atoms. The van der Waals surface area contributed by atoms with Crippen molar-refractivity contribution in [3.63, 3.8) is 0 Å². The average Bonchev–Trinajstić information content (AvgIpc) is 3.10. The van der Waals surface area contributed by atoms with Crippen molar-refractivity contribution < 1.29 is 13.6 Å². The molecule has 3 rings (SSSR count). The van der Waals surface area contributed by atoms with E-state index in [1.807, 2.05) is 0 Å². The summed E-state index contributed by atoms with van der Waals surface area (Å²) in [5.74, 6) is -2.58. The van der Waals surface area contributed by atoms with Gasteiger partial charge in [-0.3, -0.25) is 4.79 Å². The number of nitrogens with one attached hydrogen (secondary N) is 1. The zero-order valence-electron chi connectivity index (χ0n) is 9.27. The minimum absolute atomic E-state index is 0.127. The van der Waals surface area contributed by atoms with E-state index in [0.29, 0.717) is 24.3 Å². The van der Waals surface area contributed by atoms with Crippen molar-refractivity contribution in [1.29, 1.82) is 0 Å². The predicted octanol–water partition coefficient (Wildman–Crippen LogP) is 2.34. The lowest BCUT2D eigenvalue weighted by Gasteiger charge is -2.11. The molecule has 4 heteroatoms. The summed E-state index contributed by atoms with van der Waals surface area (Å²) in [6, 6.07) is 0. The van der Waals surface area contributed by atoms with Gasteiger partial charge in [0.2, 0.25) is 11.8 Å². The van der Waals surface area contributed by atoms with Gasteiger partial charge >= 0.3 is 0 Å². The molecule has 3 aliphatic carbocycles. The zero-order chi connectivity index (χ0) is 11.4. The number of hydrogen-bond donors (Lipinski definition) is 1. The van der Waals surface area contributed by atoms with Crippen molar-refractivity contribution in [3.8, 4) is 0 Å². The Bertz CT molecular complexity index is 325. The maximum Gasteiger partial charge on any atom is 0.248 e. The number of carbonyl (C=O) groups is 1. The van der Waals surface area contributed by atoms with Crippen LogP contribution in [0.3, 0.4) is 0 Å². The molecule has 0 aromatic rings. The third-order valence-electron chi connectivity index (χ3n) is 4.55. The predicted molar refractivity (Wildman–Crippen MR) is 55.1 cm³/mol. The highest BCUT2D eigenvalue weighted by atomic mass is 19.3. The molecule has 1 amide bonds. The van der Waals surface area contributed by atoms with Crippen LogP contribution in [0.2, 0.25) is 0 Å². The third kappa shape index (κ3) is 1.82. The van der Waals surface area contributed by atoms with Gasteiger partial charge in [0.05, 0.1) is 0 Å². The summed E-state index contributed by atoms with van der Waals surface area (Å²) in [6.07, 6.45) is 3.79. The summed E-state index contributed by atoms with van der Waals surface area (Å²) in [5, 5.41) is 2.85. The summed E-state index contributed by atoms with van der Waals surface area (Å²) >= 11 is 0. The second kappa shape index (κ2) is 3.17. The topological polar surface area (TPSA) is 29.1 Å². The molecular formula is C12H17F2NO. The lowest BCUT2D eigenvalue weighted by atomic mass is 10.1. The molecule has 0 aromatic carbocycles. The van der Waals surface area contributed by atoms with Crippen molar-refractivity contribution in [3.05, 3.63) is 0 Å². The Morgan fingerprint density at radius 2 is 2.00 bits per heavy atom. The average molecular weight is 229 g/mol. The summed E-state index contributed by atoms with van der Waals surface area (Å²) in [7, 11) is 0. The van der Waals surface area contributed by atoms with Gasteiger partial charge < -0.3 is 5.32 Å². The molecule has 3 fully saturated rings. The molecule has 2 atom stereocenters. The van der Waals surface area contributed by atoms with Crippen LogP contribution < -0.4 is 5.32 Å². The van der Waals surface area contributed by atoms with Gasteiger partial charge in [0, 0.05) is 25.3 Å². The monoisotopic (exact) mass is 229 g/mol. The van der Waals surface area contributed by atoms with E-state index in [4.69, 9.17) is 0 Å². The Balaban J connectivity index is 1.43. The van der Waals surface area contributed by atoms with Crippen LogP contribution in [0.1, 0.15) is 38.5 Å². The van der Waals surface area contributed by atoms with Crippen LogP contribution in [0.4, 0.5) is 8.78 Å². The van der Waals surface area contributed by atoms with E-state index in [1.165, 1.54) is 19.3 Å². The van der Waals surface area contributed by atoms with Crippen LogP contribution in [0.25, 0.3) is 0 Å². The van der Waals surface area contributed by atoms with E-state index >= 15 is 0 Å². The molecule has 0 aliphatic heterocycles. The minimum atomic E-state index is -2.61. The highest BCUT2D eigenvalue weighted by Gasteiger charge is 2.62. The van der Waals surface area contributed by atoms with E-state index in [9.17, 15) is 13.6 Å². The van der Waals surface area contributed by atoms with Gasteiger partial charge in [0.25, 0.3) is 0 Å². The summed E-state index contributed by atoms with van der Waals surface area (Å²) < 4.78 is 25.8. The molecule has 0 bridgehead atoms.